The third-order valence-corrected chi connectivity index (χ3v) is 3.24. The van der Waals surface area contributed by atoms with Crippen molar-refractivity contribution in [1.82, 2.24) is 5.32 Å². The maximum absolute atomic E-state index is 13.1. The maximum Gasteiger partial charge on any atom is 0.289 e. The summed E-state index contributed by atoms with van der Waals surface area (Å²) in [5.41, 5.74) is 0.0813. The van der Waals surface area contributed by atoms with Gasteiger partial charge in [0.05, 0.1) is 4.92 Å². The average Bonchev–Trinajstić information content (AvgIpc) is 2.48. The van der Waals surface area contributed by atoms with E-state index in [0.29, 0.717) is 0 Å². The Labute approximate surface area is 140 Å². The van der Waals surface area contributed by atoms with Gasteiger partial charge < -0.3 is 5.32 Å². The lowest BCUT2D eigenvalue weighted by molar-refractivity contribution is -0.384. The number of benzene rings is 2. The standard InChI is InChI=1S/C14H9ClFN3O3S/c15-11-5-4-10(7-12(11)19(21)22)17-14(23)18-13(20)8-2-1-3-9(16)6-8/h1-7H,(H2,17,18,20,23). The van der Waals surface area contributed by atoms with E-state index in [2.05, 4.69) is 10.6 Å². The van der Waals surface area contributed by atoms with Crippen molar-refractivity contribution in [3.8, 4) is 0 Å². The van der Waals surface area contributed by atoms with E-state index >= 15 is 0 Å². The van der Waals surface area contributed by atoms with Crippen molar-refractivity contribution < 1.29 is 14.1 Å². The Morgan fingerprint density at radius 3 is 2.65 bits per heavy atom. The summed E-state index contributed by atoms with van der Waals surface area (Å²) in [5, 5.41) is 15.7. The molecule has 0 aliphatic rings. The highest BCUT2D eigenvalue weighted by Gasteiger charge is 2.14. The van der Waals surface area contributed by atoms with Crippen LogP contribution in [0.25, 0.3) is 0 Å². The number of carbonyl (C=O) groups excluding carboxylic acids is 1. The van der Waals surface area contributed by atoms with Crippen LogP contribution in [0.2, 0.25) is 5.02 Å². The van der Waals surface area contributed by atoms with E-state index in [1.807, 2.05) is 0 Å². The summed E-state index contributed by atoms with van der Waals surface area (Å²) in [7, 11) is 0. The second kappa shape index (κ2) is 7.12. The predicted octanol–water partition coefficient (Wildman–Crippen LogP) is 3.51. The molecule has 2 aromatic carbocycles. The zero-order valence-electron chi connectivity index (χ0n) is 11.4. The van der Waals surface area contributed by atoms with Crippen molar-refractivity contribution in [3.05, 3.63) is 69.0 Å². The molecule has 0 saturated carbocycles. The molecule has 0 aliphatic heterocycles. The van der Waals surface area contributed by atoms with Crippen molar-refractivity contribution in [2.75, 3.05) is 5.32 Å². The lowest BCUT2D eigenvalue weighted by Crippen LogP contribution is -2.34. The molecule has 0 aromatic heterocycles. The van der Waals surface area contributed by atoms with Crippen molar-refractivity contribution in [2.45, 2.75) is 0 Å². The van der Waals surface area contributed by atoms with Gasteiger partial charge in [0.2, 0.25) is 0 Å². The number of amides is 1. The molecule has 2 aromatic rings. The number of hydrogen-bond acceptors (Lipinski definition) is 4. The van der Waals surface area contributed by atoms with Gasteiger partial charge in [0.1, 0.15) is 10.8 Å². The van der Waals surface area contributed by atoms with Crippen LogP contribution in [-0.2, 0) is 0 Å². The van der Waals surface area contributed by atoms with Gasteiger partial charge in [-0.3, -0.25) is 20.2 Å². The molecule has 23 heavy (non-hydrogen) atoms. The van der Waals surface area contributed by atoms with Crippen LogP contribution in [0, 0.1) is 15.9 Å². The van der Waals surface area contributed by atoms with Gasteiger partial charge >= 0.3 is 0 Å². The first kappa shape index (κ1) is 16.8. The lowest BCUT2D eigenvalue weighted by Gasteiger charge is -2.10. The van der Waals surface area contributed by atoms with Crippen molar-refractivity contribution in [1.29, 1.82) is 0 Å². The number of rotatable bonds is 3. The quantitative estimate of drug-likeness (QED) is 0.501. The zero-order chi connectivity index (χ0) is 17.0. The third kappa shape index (κ3) is 4.44. The van der Waals surface area contributed by atoms with Crippen molar-refractivity contribution in [3.63, 3.8) is 0 Å². The molecule has 0 bridgehead atoms. The number of carbonyl (C=O) groups is 1. The molecule has 0 radical (unpaired) electrons. The van der Waals surface area contributed by atoms with Gasteiger partial charge in [0.15, 0.2) is 5.11 Å². The van der Waals surface area contributed by atoms with Gasteiger partial charge in [-0.15, -0.1) is 0 Å². The zero-order valence-corrected chi connectivity index (χ0v) is 13.0. The number of nitro benzene ring substituents is 1. The Morgan fingerprint density at radius 1 is 1.26 bits per heavy atom. The Kier molecular flexibility index (Phi) is 5.20. The smallest absolute Gasteiger partial charge is 0.289 e. The van der Waals surface area contributed by atoms with Crippen LogP contribution in [0.4, 0.5) is 15.8 Å². The molecule has 0 spiro atoms. The lowest BCUT2D eigenvalue weighted by atomic mass is 10.2. The van der Waals surface area contributed by atoms with Gasteiger partial charge in [0.25, 0.3) is 11.6 Å². The van der Waals surface area contributed by atoms with E-state index in [1.165, 1.54) is 36.4 Å². The second-order valence-electron chi connectivity index (χ2n) is 4.34. The summed E-state index contributed by atoms with van der Waals surface area (Å²) in [6.07, 6.45) is 0. The topological polar surface area (TPSA) is 84.3 Å². The summed E-state index contributed by atoms with van der Waals surface area (Å²) >= 11 is 10.6. The number of hydrogen-bond donors (Lipinski definition) is 2. The number of nitrogens with one attached hydrogen (secondary N) is 2. The van der Waals surface area contributed by atoms with Crippen LogP contribution >= 0.6 is 23.8 Å². The summed E-state index contributed by atoms with van der Waals surface area (Å²) in [5.74, 6) is -1.16. The third-order valence-electron chi connectivity index (χ3n) is 2.71. The number of anilines is 1. The SMILES string of the molecule is O=C(NC(=S)Nc1ccc(Cl)c([N+](=O)[O-])c1)c1cccc(F)c1. The van der Waals surface area contributed by atoms with E-state index in [-0.39, 0.29) is 27.1 Å². The van der Waals surface area contributed by atoms with Crippen LogP contribution in [0.1, 0.15) is 10.4 Å². The predicted molar refractivity (Wildman–Crippen MR) is 88.2 cm³/mol. The first-order valence-electron chi connectivity index (χ1n) is 6.18. The van der Waals surface area contributed by atoms with Crippen LogP contribution in [0.3, 0.4) is 0 Å². The molecule has 118 valence electrons. The maximum atomic E-state index is 13.1. The van der Waals surface area contributed by atoms with E-state index < -0.39 is 16.6 Å². The molecule has 0 saturated heterocycles. The van der Waals surface area contributed by atoms with E-state index in [4.69, 9.17) is 23.8 Å². The van der Waals surface area contributed by atoms with E-state index in [9.17, 15) is 19.3 Å². The Morgan fingerprint density at radius 2 is 2.00 bits per heavy atom. The molecule has 2 N–H and O–H groups in total. The highest BCUT2D eigenvalue weighted by Crippen LogP contribution is 2.27. The highest BCUT2D eigenvalue weighted by atomic mass is 35.5. The molecule has 0 unspecified atom stereocenters. The minimum Gasteiger partial charge on any atom is -0.332 e. The number of nitro groups is 1. The van der Waals surface area contributed by atoms with Gasteiger partial charge in [-0.2, -0.15) is 0 Å². The molecule has 0 heterocycles. The molecular weight excluding hydrogens is 345 g/mol. The van der Waals surface area contributed by atoms with E-state index in [1.54, 1.807) is 0 Å². The van der Waals surface area contributed by atoms with Crippen LogP contribution in [0.5, 0.6) is 0 Å². The number of nitrogens with zero attached hydrogens (tertiary/aromatic N) is 1. The molecule has 9 heteroatoms. The Bertz CT molecular complexity index is 801. The molecular formula is C14H9ClFN3O3S. The molecule has 0 aliphatic carbocycles. The Balaban J connectivity index is 2.06. The van der Waals surface area contributed by atoms with Gasteiger partial charge in [-0.05, 0) is 42.5 Å². The molecule has 6 nitrogen and oxygen atoms in total. The molecule has 0 atom stereocenters. The summed E-state index contributed by atoms with van der Waals surface area (Å²) in [4.78, 5) is 22.1. The monoisotopic (exact) mass is 353 g/mol. The average molecular weight is 354 g/mol. The second-order valence-corrected chi connectivity index (χ2v) is 5.16. The van der Waals surface area contributed by atoms with Crippen LogP contribution in [-0.4, -0.2) is 15.9 Å². The number of thiocarbonyl (C=S) groups is 1. The normalized spacial score (nSPS) is 10.0. The largest absolute Gasteiger partial charge is 0.332 e. The highest BCUT2D eigenvalue weighted by molar-refractivity contribution is 7.80. The van der Waals surface area contributed by atoms with Gasteiger partial charge in [0, 0.05) is 17.3 Å². The Hall–Kier alpha value is -2.58. The fourth-order valence-corrected chi connectivity index (χ4v) is 2.09. The van der Waals surface area contributed by atoms with Crippen LogP contribution < -0.4 is 10.6 Å². The fourth-order valence-electron chi connectivity index (χ4n) is 1.70. The summed E-state index contributed by atoms with van der Waals surface area (Å²) < 4.78 is 13.1. The minimum absolute atomic E-state index is 0.0183. The first-order valence-corrected chi connectivity index (χ1v) is 6.97. The molecule has 1 amide bonds. The van der Waals surface area contributed by atoms with Crippen LogP contribution in [0.15, 0.2) is 42.5 Å². The van der Waals surface area contributed by atoms with Gasteiger partial charge in [-0.25, -0.2) is 4.39 Å². The molecule has 0 fully saturated rings. The van der Waals surface area contributed by atoms with Crippen molar-refractivity contribution >= 4 is 46.2 Å². The van der Waals surface area contributed by atoms with Gasteiger partial charge in [-0.1, -0.05) is 17.7 Å². The summed E-state index contributed by atoms with van der Waals surface area (Å²) in [6, 6.07) is 9.07. The minimum atomic E-state index is -0.637. The van der Waals surface area contributed by atoms with Crippen molar-refractivity contribution in [2.24, 2.45) is 0 Å². The molecule has 2 rings (SSSR count). The van der Waals surface area contributed by atoms with E-state index in [0.717, 1.165) is 6.07 Å². The summed E-state index contributed by atoms with van der Waals surface area (Å²) in [6.45, 7) is 0. The fraction of sp³-hybridized carbons (Fsp3) is 0. The number of halogens is 2. The first-order chi connectivity index (χ1) is 10.9.